The Hall–Kier alpha value is -2.25. The van der Waals surface area contributed by atoms with Gasteiger partial charge in [0.25, 0.3) is 0 Å². The van der Waals surface area contributed by atoms with Gasteiger partial charge in [0, 0.05) is 17.6 Å². The molecule has 0 spiro atoms. The summed E-state index contributed by atoms with van der Waals surface area (Å²) in [5.41, 5.74) is 6.37. The largest absolute Gasteiger partial charge is 0.444 e. The van der Waals surface area contributed by atoms with Crippen LogP contribution in [0.15, 0.2) is 36.4 Å². The second-order valence-electron chi connectivity index (χ2n) is 7.75. The molecule has 0 aromatic heterocycles. The number of carbonyl (C=O) groups excluding carboxylic acids is 1. The summed E-state index contributed by atoms with van der Waals surface area (Å²) in [6.07, 6.45) is -5.16. The molecule has 0 aliphatic heterocycles. The predicted octanol–water partition coefficient (Wildman–Crippen LogP) is 6.07. The molecule has 0 fully saturated rings. The minimum absolute atomic E-state index is 0.00491. The van der Waals surface area contributed by atoms with E-state index in [1.54, 1.807) is 45.9 Å². The number of nitrogens with two attached hydrogens (primary N) is 1. The van der Waals surface area contributed by atoms with Crippen LogP contribution < -0.4 is 11.1 Å². The van der Waals surface area contributed by atoms with Gasteiger partial charge in [-0.1, -0.05) is 29.8 Å². The topological polar surface area (TPSA) is 64.3 Å². The van der Waals surface area contributed by atoms with E-state index >= 15 is 0 Å². The Morgan fingerprint density at radius 3 is 2.34 bits per heavy atom. The molecule has 2 aromatic rings. The van der Waals surface area contributed by atoms with E-state index in [1.807, 2.05) is 0 Å². The quantitative estimate of drug-likeness (QED) is 0.621. The number of nitrogens with one attached hydrogen (secondary N) is 1. The first kappa shape index (κ1) is 23.0. The average molecular weight is 429 g/mol. The van der Waals surface area contributed by atoms with Crippen molar-refractivity contribution < 1.29 is 22.7 Å². The number of benzene rings is 2. The van der Waals surface area contributed by atoms with Gasteiger partial charge < -0.3 is 15.8 Å². The van der Waals surface area contributed by atoms with E-state index in [1.165, 1.54) is 6.07 Å². The van der Waals surface area contributed by atoms with Crippen LogP contribution in [0.2, 0.25) is 5.02 Å². The molecule has 0 radical (unpaired) electrons. The molecule has 29 heavy (non-hydrogen) atoms. The second kappa shape index (κ2) is 8.63. The van der Waals surface area contributed by atoms with Crippen LogP contribution in [-0.4, -0.2) is 11.7 Å². The zero-order valence-electron chi connectivity index (χ0n) is 16.7. The molecular weight excluding hydrogens is 405 g/mol. The molecule has 4 nitrogen and oxygen atoms in total. The van der Waals surface area contributed by atoms with E-state index in [0.717, 1.165) is 12.1 Å². The Labute approximate surface area is 173 Å². The Bertz CT molecular complexity index is 890. The van der Waals surface area contributed by atoms with Crippen molar-refractivity contribution in [2.24, 2.45) is 5.73 Å². The summed E-state index contributed by atoms with van der Waals surface area (Å²) < 4.78 is 44.9. The van der Waals surface area contributed by atoms with Crippen LogP contribution >= 0.6 is 11.6 Å². The van der Waals surface area contributed by atoms with Gasteiger partial charge in [0.05, 0.1) is 5.56 Å². The number of halogens is 4. The summed E-state index contributed by atoms with van der Waals surface area (Å²) in [5, 5.41) is 2.93. The summed E-state index contributed by atoms with van der Waals surface area (Å²) in [5.74, 6) is 0. The Kier molecular flexibility index (Phi) is 6.86. The fraction of sp³-hybridized carbons (Fsp3) is 0.381. The average Bonchev–Trinajstić information content (AvgIpc) is 2.57. The Balaban J connectivity index is 2.42. The van der Waals surface area contributed by atoms with Crippen LogP contribution in [0, 0.1) is 0 Å². The highest BCUT2D eigenvalue weighted by Gasteiger charge is 2.31. The van der Waals surface area contributed by atoms with E-state index < -0.39 is 23.4 Å². The highest BCUT2D eigenvalue weighted by Crippen LogP contribution is 2.36. The van der Waals surface area contributed by atoms with Gasteiger partial charge in [-0.05, 0) is 68.1 Å². The molecule has 1 amide bonds. The van der Waals surface area contributed by atoms with E-state index in [9.17, 15) is 18.0 Å². The zero-order chi connectivity index (χ0) is 22.0. The van der Waals surface area contributed by atoms with Crippen molar-refractivity contribution in [1.29, 1.82) is 0 Å². The molecule has 0 bridgehead atoms. The molecule has 0 aliphatic rings. The lowest BCUT2D eigenvalue weighted by atomic mass is 9.95. The molecule has 2 rings (SSSR count). The van der Waals surface area contributed by atoms with Crippen LogP contribution in [-0.2, 0) is 17.5 Å². The van der Waals surface area contributed by atoms with E-state index in [4.69, 9.17) is 22.1 Å². The van der Waals surface area contributed by atoms with Crippen molar-refractivity contribution in [3.63, 3.8) is 0 Å². The van der Waals surface area contributed by atoms with Gasteiger partial charge >= 0.3 is 12.3 Å². The molecule has 2 aromatic carbocycles. The van der Waals surface area contributed by atoms with Crippen molar-refractivity contribution in [3.8, 4) is 11.1 Å². The summed E-state index contributed by atoms with van der Waals surface area (Å²) in [4.78, 5) is 11.9. The first-order valence-electron chi connectivity index (χ1n) is 9.00. The van der Waals surface area contributed by atoms with Gasteiger partial charge in [-0.2, -0.15) is 13.2 Å². The lowest BCUT2D eigenvalue weighted by molar-refractivity contribution is -0.137. The summed E-state index contributed by atoms with van der Waals surface area (Å²) in [6.45, 7) is 6.92. The standard InChI is InChI=1S/C21H24ClF3N2O2/c1-12(26)16-8-6-13(9-18(16)22)17-10-15(21(23,24)25)7-5-14(17)11-27-19(28)29-20(2,3)4/h5-10,12H,11,26H2,1-4H3,(H,27,28)/t12-/m1/s1. The van der Waals surface area contributed by atoms with Crippen molar-refractivity contribution in [2.45, 2.75) is 52.1 Å². The van der Waals surface area contributed by atoms with Gasteiger partial charge in [-0.3, -0.25) is 0 Å². The molecule has 8 heteroatoms. The summed E-state index contributed by atoms with van der Waals surface area (Å²) >= 11 is 6.26. The maximum absolute atomic E-state index is 13.2. The minimum atomic E-state index is -4.50. The number of ether oxygens (including phenoxy) is 1. The predicted molar refractivity (Wildman–Crippen MR) is 108 cm³/mol. The lowest BCUT2D eigenvalue weighted by Crippen LogP contribution is -2.32. The first-order valence-corrected chi connectivity index (χ1v) is 9.38. The van der Waals surface area contributed by atoms with E-state index in [-0.39, 0.29) is 12.6 Å². The number of hydrogen-bond acceptors (Lipinski definition) is 3. The van der Waals surface area contributed by atoms with Crippen molar-refractivity contribution in [3.05, 3.63) is 58.1 Å². The minimum Gasteiger partial charge on any atom is -0.444 e. The Morgan fingerprint density at radius 1 is 1.17 bits per heavy atom. The van der Waals surface area contributed by atoms with Crippen molar-refractivity contribution in [1.82, 2.24) is 5.32 Å². The molecule has 0 aliphatic carbocycles. The molecule has 0 heterocycles. The molecule has 0 unspecified atom stereocenters. The monoisotopic (exact) mass is 428 g/mol. The van der Waals surface area contributed by atoms with Crippen LogP contribution in [0.25, 0.3) is 11.1 Å². The van der Waals surface area contributed by atoms with Gasteiger partial charge in [-0.15, -0.1) is 0 Å². The molecular formula is C21H24ClF3N2O2. The van der Waals surface area contributed by atoms with E-state index in [0.29, 0.717) is 27.3 Å². The number of rotatable bonds is 4. The van der Waals surface area contributed by atoms with Gasteiger partial charge in [0.15, 0.2) is 0 Å². The lowest BCUT2D eigenvalue weighted by Gasteiger charge is -2.20. The molecule has 1 atom stereocenters. The van der Waals surface area contributed by atoms with Crippen molar-refractivity contribution in [2.75, 3.05) is 0 Å². The third kappa shape index (κ3) is 6.37. The fourth-order valence-corrected chi connectivity index (χ4v) is 3.07. The SMILES string of the molecule is C[C@@H](N)c1ccc(-c2cc(C(F)(F)F)ccc2CNC(=O)OC(C)(C)C)cc1Cl. The van der Waals surface area contributed by atoms with Gasteiger partial charge in [-0.25, -0.2) is 4.79 Å². The van der Waals surface area contributed by atoms with E-state index in [2.05, 4.69) is 5.32 Å². The normalized spacial score (nSPS) is 13.1. The number of alkyl carbamates (subject to hydrolysis) is 1. The number of amides is 1. The first-order chi connectivity index (χ1) is 13.3. The number of alkyl halides is 3. The van der Waals surface area contributed by atoms with Gasteiger partial charge in [0.1, 0.15) is 5.60 Å². The van der Waals surface area contributed by atoms with Crippen LogP contribution in [0.5, 0.6) is 0 Å². The maximum Gasteiger partial charge on any atom is 0.416 e. The number of hydrogen-bond donors (Lipinski definition) is 2. The third-order valence-electron chi connectivity index (χ3n) is 4.06. The zero-order valence-corrected chi connectivity index (χ0v) is 17.4. The molecule has 0 saturated heterocycles. The highest BCUT2D eigenvalue weighted by molar-refractivity contribution is 6.31. The molecule has 158 valence electrons. The second-order valence-corrected chi connectivity index (χ2v) is 8.16. The summed E-state index contributed by atoms with van der Waals surface area (Å²) in [7, 11) is 0. The smallest absolute Gasteiger partial charge is 0.416 e. The van der Waals surface area contributed by atoms with Crippen LogP contribution in [0.3, 0.4) is 0 Å². The highest BCUT2D eigenvalue weighted by atomic mass is 35.5. The van der Waals surface area contributed by atoms with Crippen molar-refractivity contribution >= 4 is 17.7 Å². The Morgan fingerprint density at radius 2 is 1.83 bits per heavy atom. The summed E-state index contributed by atoms with van der Waals surface area (Å²) in [6, 6.07) is 7.98. The maximum atomic E-state index is 13.2. The van der Waals surface area contributed by atoms with Gasteiger partial charge in [0.2, 0.25) is 0 Å². The fourth-order valence-electron chi connectivity index (χ4n) is 2.72. The number of carbonyl (C=O) groups is 1. The molecule has 3 N–H and O–H groups in total. The third-order valence-corrected chi connectivity index (χ3v) is 4.39. The van der Waals surface area contributed by atoms with Crippen LogP contribution in [0.1, 0.15) is 50.4 Å². The van der Waals surface area contributed by atoms with Crippen LogP contribution in [0.4, 0.5) is 18.0 Å². The molecule has 0 saturated carbocycles.